The van der Waals surface area contributed by atoms with E-state index in [-0.39, 0.29) is 18.1 Å². The molecule has 0 atom stereocenters. The molecule has 0 aliphatic heterocycles. The van der Waals surface area contributed by atoms with Gasteiger partial charge in [0, 0.05) is 5.56 Å². The van der Waals surface area contributed by atoms with Crippen LogP contribution in [-0.4, -0.2) is 28.3 Å². The van der Waals surface area contributed by atoms with E-state index in [2.05, 4.69) is 10.1 Å². The highest BCUT2D eigenvalue weighted by atomic mass is 16.5. The van der Waals surface area contributed by atoms with Gasteiger partial charge in [-0.3, -0.25) is 4.79 Å². The summed E-state index contributed by atoms with van der Waals surface area (Å²) in [5.74, 6) is 0.0962. The van der Waals surface area contributed by atoms with Crippen molar-refractivity contribution in [3.8, 4) is 17.2 Å². The maximum absolute atomic E-state index is 10.5. The molecule has 0 spiro atoms. The largest absolute Gasteiger partial charge is 0.497 e. The van der Waals surface area contributed by atoms with E-state index in [1.807, 2.05) is 0 Å². The van der Waals surface area contributed by atoms with Crippen LogP contribution in [0.1, 0.15) is 5.82 Å². The Balaban J connectivity index is 2.26. The lowest BCUT2D eigenvalue weighted by Crippen LogP contribution is -2.01. The number of benzene rings is 1. The molecule has 0 amide bonds. The standard InChI is InChI=1S/C11H10N2O4/c1-16-8-4-2-3-7(5-8)11-12-9(13-17-11)6-10(14)15/h2-5H,6H2,1H3,(H,14,15). The Morgan fingerprint density at radius 2 is 2.35 bits per heavy atom. The predicted molar refractivity (Wildman–Crippen MR) is 57.6 cm³/mol. The van der Waals surface area contributed by atoms with E-state index in [1.54, 1.807) is 31.4 Å². The van der Waals surface area contributed by atoms with Crippen LogP contribution in [0.5, 0.6) is 5.75 Å². The number of carbonyl (C=O) groups is 1. The van der Waals surface area contributed by atoms with Gasteiger partial charge in [0.15, 0.2) is 5.82 Å². The highest BCUT2D eigenvalue weighted by Gasteiger charge is 2.11. The number of carboxylic acids is 1. The zero-order valence-electron chi connectivity index (χ0n) is 9.08. The van der Waals surface area contributed by atoms with Crippen LogP contribution in [0.25, 0.3) is 11.5 Å². The summed E-state index contributed by atoms with van der Waals surface area (Å²) in [6.45, 7) is 0. The van der Waals surface area contributed by atoms with Crippen molar-refractivity contribution in [3.05, 3.63) is 30.1 Å². The lowest BCUT2D eigenvalue weighted by molar-refractivity contribution is -0.136. The molecule has 0 fully saturated rings. The first kappa shape index (κ1) is 11.1. The molecule has 17 heavy (non-hydrogen) atoms. The molecule has 6 nitrogen and oxygen atoms in total. The Morgan fingerprint density at radius 3 is 3.06 bits per heavy atom. The molecule has 88 valence electrons. The fourth-order valence-corrected chi connectivity index (χ4v) is 1.33. The molecule has 0 saturated heterocycles. The highest BCUT2D eigenvalue weighted by molar-refractivity contribution is 5.69. The lowest BCUT2D eigenvalue weighted by Gasteiger charge is -1.99. The quantitative estimate of drug-likeness (QED) is 0.859. The van der Waals surface area contributed by atoms with Gasteiger partial charge in [-0.15, -0.1) is 0 Å². The van der Waals surface area contributed by atoms with Crippen molar-refractivity contribution in [1.82, 2.24) is 10.1 Å². The molecule has 0 bridgehead atoms. The number of hydrogen-bond donors (Lipinski definition) is 1. The van der Waals surface area contributed by atoms with E-state index >= 15 is 0 Å². The van der Waals surface area contributed by atoms with Gasteiger partial charge in [-0.2, -0.15) is 4.98 Å². The SMILES string of the molecule is COc1cccc(-c2nc(CC(=O)O)no2)c1. The molecule has 0 unspecified atom stereocenters. The topological polar surface area (TPSA) is 85.5 Å². The molecule has 1 N–H and O–H groups in total. The van der Waals surface area contributed by atoms with Crippen LogP contribution < -0.4 is 4.74 Å². The van der Waals surface area contributed by atoms with Crippen molar-refractivity contribution in [3.63, 3.8) is 0 Å². The Bertz CT molecular complexity index is 536. The first-order chi connectivity index (χ1) is 8.19. The van der Waals surface area contributed by atoms with Gasteiger partial charge in [0.25, 0.3) is 5.89 Å². The zero-order chi connectivity index (χ0) is 12.3. The molecular formula is C11H10N2O4. The third-order valence-corrected chi connectivity index (χ3v) is 2.09. The number of carboxylic acid groups (broad SMARTS) is 1. The monoisotopic (exact) mass is 234 g/mol. The van der Waals surface area contributed by atoms with E-state index in [0.717, 1.165) is 0 Å². The van der Waals surface area contributed by atoms with E-state index in [4.69, 9.17) is 14.4 Å². The molecule has 1 aromatic carbocycles. The van der Waals surface area contributed by atoms with Gasteiger partial charge in [-0.1, -0.05) is 11.2 Å². The van der Waals surface area contributed by atoms with Crippen LogP contribution in [0.2, 0.25) is 0 Å². The molecule has 2 rings (SSSR count). The van der Waals surface area contributed by atoms with Crippen LogP contribution in [0.3, 0.4) is 0 Å². The second-order valence-corrected chi connectivity index (χ2v) is 3.32. The van der Waals surface area contributed by atoms with Crippen LogP contribution in [0.15, 0.2) is 28.8 Å². The third-order valence-electron chi connectivity index (χ3n) is 2.09. The van der Waals surface area contributed by atoms with E-state index in [1.165, 1.54) is 0 Å². The van der Waals surface area contributed by atoms with E-state index in [0.29, 0.717) is 11.3 Å². The number of aromatic nitrogens is 2. The maximum atomic E-state index is 10.5. The van der Waals surface area contributed by atoms with Crippen molar-refractivity contribution in [2.45, 2.75) is 6.42 Å². The summed E-state index contributed by atoms with van der Waals surface area (Å²) in [6, 6.07) is 7.09. The molecule has 0 radical (unpaired) electrons. The summed E-state index contributed by atoms with van der Waals surface area (Å²) < 4.78 is 10.0. The second kappa shape index (κ2) is 4.65. The van der Waals surface area contributed by atoms with Gasteiger partial charge in [0.1, 0.15) is 12.2 Å². The van der Waals surface area contributed by atoms with Crippen LogP contribution in [-0.2, 0) is 11.2 Å². The first-order valence-corrected chi connectivity index (χ1v) is 4.88. The Morgan fingerprint density at radius 1 is 1.53 bits per heavy atom. The summed E-state index contributed by atoms with van der Waals surface area (Å²) in [5, 5.41) is 12.2. The molecule has 0 aliphatic rings. The number of ether oxygens (including phenoxy) is 1. The third kappa shape index (κ3) is 2.60. The summed E-state index contributed by atoms with van der Waals surface area (Å²) >= 11 is 0. The number of nitrogens with zero attached hydrogens (tertiary/aromatic N) is 2. The summed E-state index contributed by atoms with van der Waals surface area (Å²) in [5.41, 5.74) is 0.688. The van der Waals surface area contributed by atoms with Crippen molar-refractivity contribution in [2.75, 3.05) is 7.11 Å². The average molecular weight is 234 g/mol. The highest BCUT2D eigenvalue weighted by Crippen LogP contribution is 2.22. The lowest BCUT2D eigenvalue weighted by atomic mass is 10.2. The predicted octanol–water partition coefficient (Wildman–Crippen LogP) is 1.37. The Labute approximate surface area is 96.8 Å². The minimum absolute atomic E-state index is 0.148. The summed E-state index contributed by atoms with van der Waals surface area (Å²) in [6.07, 6.45) is -0.256. The van der Waals surface area contributed by atoms with Gasteiger partial charge in [0.05, 0.1) is 7.11 Å². The molecule has 2 aromatic rings. The average Bonchev–Trinajstić information content (AvgIpc) is 2.77. The number of aliphatic carboxylic acids is 1. The van der Waals surface area contributed by atoms with E-state index in [9.17, 15) is 4.79 Å². The van der Waals surface area contributed by atoms with Crippen LogP contribution in [0.4, 0.5) is 0 Å². The fourth-order valence-electron chi connectivity index (χ4n) is 1.33. The van der Waals surface area contributed by atoms with Gasteiger partial charge in [-0.05, 0) is 18.2 Å². The molecule has 0 saturated carbocycles. The smallest absolute Gasteiger partial charge is 0.311 e. The Kier molecular flexibility index (Phi) is 3.04. The normalized spacial score (nSPS) is 10.2. The zero-order valence-corrected chi connectivity index (χ0v) is 9.08. The Hall–Kier alpha value is -2.37. The number of methoxy groups -OCH3 is 1. The van der Waals surface area contributed by atoms with Crippen LogP contribution in [0, 0.1) is 0 Å². The summed E-state index contributed by atoms with van der Waals surface area (Å²) in [4.78, 5) is 14.5. The van der Waals surface area contributed by atoms with Crippen molar-refractivity contribution in [1.29, 1.82) is 0 Å². The van der Waals surface area contributed by atoms with Gasteiger partial charge in [0.2, 0.25) is 0 Å². The minimum atomic E-state index is -0.997. The molecular weight excluding hydrogens is 224 g/mol. The van der Waals surface area contributed by atoms with Gasteiger partial charge in [-0.25, -0.2) is 0 Å². The molecule has 0 aliphatic carbocycles. The first-order valence-electron chi connectivity index (χ1n) is 4.88. The molecule has 1 heterocycles. The van der Waals surface area contributed by atoms with E-state index < -0.39 is 5.97 Å². The van der Waals surface area contributed by atoms with Gasteiger partial charge < -0.3 is 14.4 Å². The van der Waals surface area contributed by atoms with Crippen LogP contribution >= 0.6 is 0 Å². The molecule has 1 aromatic heterocycles. The molecule has 6 heteroatoms. The maximum Gasteiger partial charge on any atom is 0.311 e. The second-order valence-electron chi connectivity index (χ2n) is 3.32. The number of rotatable bonds is 4. The van der Waals surface area contributed by atoms with Gasteiger partial charge >= 0.3 is 5.97 Å². The fraction of sp³-hybridized carbons (Fsp3) is 0.182. The van der Waals surface area contributed by atoms with Crippen molar-refractivity contribution >= 4 is 5.97 Å². The summed E-state index contributed by atoms with van der Waals surface area (Å²) in [7, 11) is 1.56. The van der Waals surface area contributed by atoms with Crippen molar-refractivity contribution < 1.29 is 19.2 Å². The number of hydrogen-bond acceptors (Lipinski definition) is 5. The van der Waals surface area contributed by atoms with Crippen molar-refractivity contribution in [2.24, 2.45) is 0 Å². The minimum Gasteiger partial charge on any atom is -0.497 e.